The standard InChI is InChI=1S/C15H12O2/c16-13-10-12-8-4-5-9-14(12)17-15(13)11-6-2-1-3-7-11/h1-10,15-16H. The molecule has 0 aliphatic carbocycles. The highest BCUT2D eigenvalue weighted by atomic mass is 16.5. The predicted octanol–water partition coefficient (Wildman–Crippen LogP) is 3.72. The lowest BCUT2D eigenvalue weighted by Gasteiger charge is -2.24. The number of benzene rings is 2. The molecule has 0 radical (unpaired) electrons. The Morgan fingerprint density at radius 2 is 1.59 bits per heavy atom. The van der Waals surface area contributed by atoms with Crippen molar-refractivity contribution in [3.63, 3.8) is 0 Å². The maximum Gasteiger partial charge on any atom is 0.180 e. The molecule has 2 aromatic rings. The molecule has 1 N–H and O–H groups in total. The second kappa shape index (κ2) is 3.98. The van der Waals surface area contributed by atoms with E-state index in [9.17, 15) is 5.11 Å². The first-order valence-electron chi connectivity index (χ1n) is 5.56. The van der Waals surface area contributed by atoms with Crippen molar-refractivity contribution in [1.29, 1.82) is 0 Å². The molecule has 0 spiro atoms. The van der Waals surface area contributed by atoms with E-state index >= 15 is 0 Å². The number of aliphatic hydroxyl groups is 1. The maximum absolute atomic E-state index is 10.0. The van der Waals surface area contributed by atoms with Crippen LogP contribution < -0.4 is 4.74 Å². The number of fused-ring (bicyclic) bond motifs is 1. The number of hydrogen-bond acceptors (Lipinski definition) is 2. The van der Waals surface area contributed by atoms with E-state index < -0.39 is 6.10 Å². The third kappa shape index (κ3) is 1.78. The Bertz CT molecular complexity index is 558. The molecule has 1 atom stereocenters. The molecule has 2 nitrogen and oxygen atoms in total. The quantitative estimate of drug-likeness (QED) is 0.800. The van der Waals surface area contributed by atoms with Gasteiger partial charge in [-0.1, -0.05) is 48.5 Å². The lowest BCUT2D eigenvalue weighted by molar-refractivity contribution is 0.175. The van der Waals surface area contributed by atoms with Crippen LogP contribution in [0.2, 0.25) is 0 Å². The van der Waals surface area contributed by atoms with Crippen molar-refractivity contribution < 1.29 is 9.84 Å². The summed E-state index contributed by atoms with van der Waals surface area (Å²) in [5.41, 5.74) is 1.87. The third-order valence-corrected chi connectivity index (χ3v) is 2.84. The largest absolute Gasteiger partial charge is 0.508 e. The van der Waals surface area contributed by atoms with E-state index in [2.05, 4.69) is 0 Å². The summed E-state index contributed by atoms with van der Waals surface area (Å²) in [6, 6.07) is 17.4. The van der Waals surface area contributed by atoms with Gasteiger partial charge in [-0.2, -0.15) is 0 Å². The van der Waals surface area contributed by atoms with Crippen molar-refractivity contribution in [2.75, 3.05) is 0 Å². The zero-order valence-electron chi connectivity index (χ0n) is 9.21. The average Bonchev–Trinajstić information content (AvgIpc) is 2.39. The number of para-hydroxylation sites is 1. The van der Waals surface area contributed by atoms with Crippen LogP contribution in [0.4, 0.5) is 0 Å². The zero-order valence-corrected chi connectivity index (χ0v) is 9.21. The lowest BCUT2D eigenvalue weighted by atomic mass is 10.0. The van der Waals surface area contributed by atoms with Crippen molar-refractivity contribution in [2.24, 2.45) is 0 Å². The average molecular weight is 224 g/mol. The van der Waals surface area contributed by atoms with Gasteiger partial charge in [-0.25, -0.2) is 0 Å². The lowest BCUT2D eigenvalue weighted by Crippen LogP contribution is -2.14. The third-order valence-electron chi connectivity index (χ3n) is 2.84. The van der Waals surface area contributed by atoms with Gasteiger partial charge in [0.1, 0.15) is 11.5 Å². The molecule has 1 aliphatic heterocycles. The molecule has 0 saturated carbocycles. The van der Waals surface area contributed by atoms with Gasteiger partial charge in [0, 0.05) is 11.1 Å². The number of ether oxygens (including phenoxy) is 1. The minimum absolute atomic E-state index is 0.245. The summed E-state index contributed by atoms with van der Waals surface area (Å²) in [6.07, 6.45) is 1.36. The smallest absolute Gasteiger partial charge is 0.180 e. The van der Waals surface area contributed by atoms with Crippen LogP contribution in [0.3, 0.4) is 0 Å². The first-order valence-corrected chi connectivity index (χ1v) is 5.56. The highest BCUT2D eigenvalue weighted by molar-refractivity contribution is 5.62. The summed E-state index contributed by atoms with van der Waals surface area (Å²) in [6.45, 7) is 0. The SMILES string of the molecule is OC1=Cc2ccccc2OC1c1ccccc1. The molecule has 1 unspecified atom stereocenters. The molecule has 0 aromatic heterocycles. The van der Waals surface area contributed by atoms with Gasteiger partial charge in [0.15, 0.2) is 6.10 Å². The summed E-state index contributed by atoms with van der Waals surface area (Å²) in [4.78, 5) is 0. The van der Waals surface area contributed by atoms with Gasteiger partial charge >= 0.3 is 0 Å². The van der Waals surface area contributed by atoms with Gasteiger partial charge < -0.3 is 9.84 Å². The van der Waals surface area contributed by atoms with Crippen LogP contribution in [-0.2, 0) is 0 Å². The Morgan fingerprint density at radius 1 is 0.882 bits per heavy atom. The van der Waals surface area contributed by atoms with Crippen LogP contribution in [0.1, 0.15) is 17.2 Å². The van der Waals surface area contributed by atoms with E-state index in [4.69, 9.17) is 4.74 Å². The molecular weight excluding hydrogens is 212 g/mol. The molecule has 0 fully saturated rings. The highest BCUT2D eigenvalue weighted by Crippen LogP contribution is 2.35. The minimum Gasteiger partial charge on any atom is -0.508 e. The van der Waals surface area contributed by atoms with Crippen molar-refractivity contribution in [3.8, 4) is 5.75 Å². The molecule has 0 amide bonds. The highest BCUT2D eigenvalue weighted by Gasteiger charge is 2.23. The van der Waals surface area contributed by atoms with Gasteiger partial charge in [-0.3, -0.25) is 0 Å². The predicted molar refractivity (Wildman–Crippen MR) is 66.9 cm³/mol. The van der Waals surface area contributed by atoms with Crippen LogP contribution in [0.5, 0.6) is 5.75 Å². The van der Waals surface area contributed by atoms with E-state index in [-0.39, 0.29) is 5.76 Å². The van der Waals surface area contributed by atoms with E-state index in [0.717, 1.165) is 16.9 Å². The first kappa shape index (κ1) is 9.97. The second-order valence-electron chi connectivity index (χ2n) is 4.02. The monoisotopic (exact) mass is 224 g/mol. The van der Waals surface area contributed by atoms with Crippen molar-refractivity contribution in [1.82, 2.24) is 0 Å². The molecule has 2 aromatic carbocycles. The molecular formula is C15H12O2. The molecule has 3 rings (SSSR count). The Labute approximate surface area is 99.8 Å². The van der Waals surface area contributed by atoms with E-state index in [1.165, 1.54) is 0 Å². The van der Waals surface area contributed by atoms with E-state index in [1.54, 1.807) is 6.08 Å². The molecule has 17 heavy (non-hydrogen) atoms. The first-order chi connectivity index (χ1) is 8.34. The fraction of sp³-hybridized carbons (Fsp3) is 0.0667. The molecule has 84 valence electrons. The minimum atomic E-state index is -0.397. The zero-order chi connectivity index (χ0) is 11.7. The van der Waals surface area contributed by atoms with Gasteiger partial charge in [0.05, 0.1) is 0 Å². The van der Waals surface area contributed by atoms with Gasteiger partial charge in [0.25, 0.3) is 0 Å². The van der Waals surface area contributed by atoms with Gasteiger partial charge in [0.2, 0.25) is 0 Å². The fourth-order valence-corrected chi connectivity index (χ4v) is 2.00. The van der Waals surface area contributed by atoms with Crippen LogP contribution in [0, 0.1) is 0 Å². The summed E-state index contributed by atoms with van der Waals surface area (Å²) in [5, 5.41) is 10.0. The van der Waals surface area contributed by atoms with Crippen LogP contribution >= 0.6 is 0 Å². The molecule has 0 saturated heterocycles. The summed E-state index contributed by atoms with van der Waals surface area (Å²) < 4.78 is 5.81. The van der Waals surface area contributed by atoms with E-state index in [1.807, 2.05) is 54.6 Å². The molecule has 1 aliphatic rings. The van der Waals surface area contributed by atoms with E-state index in [0.29, 0.717) is 0 Å². The number of hydrogen-bond donors (Lipinski definition) is 1. The molecule has 1 heterocycles. The van der Waals surface area contributed by atoms with Crippen LogP contribution in [-0.4, -0.2) is 5.11 Å². The normalized spacial score (nSPS) is 17.9. The molecule has 2 heteroatoms. The topological polar surface area (TPSA) is 29.5 Å². The second-order valence-corrected chi connectivity index (χ2v) is 4.02. The van der Waals surface area contributed by atoms with Crippen molar-refractivity contribution >= 4 is 6.08 Å². The van der Waals surface area contributed by atoms with Crippen molar-refractivity contribution in [2.45, 2.75) is 6.10 Å². The molecule has 0 bridgehead atoms. The maximum atomic E-state index is 10.0. The van der Waals surface area contributed by atoms with Crippen LogP contribution in [0.15, 0.2) is 60.4 Å². The number of aliphatic hydroxyl groups excluding tert-OH is 1. The van der Waals surface area contributed by atoms with Crippen molar-refractivity contribution in [3.05, 3.63) is 71.5 Å². The summed E-state index contributed by atoms with van der Waals surface area (Å²) >= 11 is 0. The van der Waals surface area contributed by atoms with Crippen LogP contribution in [0.25, 0.3) is 6.08 Å². The Morgan fingerprint density at radius 3 is 2.41 bits per heavy atom. The Hall–Kier alpha value is -2.22. The van der Waals surface area contributed by atoms with Gasteiger partial charge in [-0.15, -0.1) is 0 Å². The number of rotatable bonds is 1. The summed E-state index contributed by atoms with van der Waals surface area (Å²) in [5.74, 6) is 1.05. The Kier molecular flexibility index (Phi) is 2.33. The van der Waals surface area contributed by atoms with Gasteiger partial charge in [-0.05, 0) is 12.1 Å². The Balaban J connectivity index is 2.02. The fourth-order valence-electron chi connectivity index (χ4n) is 2.00. The summed E-state index contributed by atoms with van der Waals surface area (Å²) in [7, 11) is 0.